The Balaban J connectivity index is 1.45. The molecular formula is C16H23N5. The minimum Gasteiger partial charge on any atom is -0.357 e. The molecule has 0 radical (unpaired) electrons. The molecule has 0 spiro atoms. The number of hydrogen-bond acceptors (Lipinski definition) is 4. The molecule has 21 heavy (non-hydrogen) atoms. The highest BCUT2D eigenvalue weighted by molar-refractivity contribution is 5.38. The largest absolute Gasteiger partial charge is 0.357 e. The van der Waals surface area contributed by atoms with Gasteiger partial charge in [-0.25, -0.2) is 9.97 Å². The number of imidazole rings is 1. The quantitative estimate of drug-likeness (QED) is 0.912. The van der Waals surface area contributed by atoms with Gasteiger partial charge >= 0.3 is 0 Å². The van der Waals surface area contributed by atoms with Gasteiger partial charge in [-0.2, -0.15) is 0 Å². The molecule has 1 aliphatic rings. The van der Waals surface area contributed by atoms with Crippen LogP contribution in [-0.4, -0.2) is 39.7 Å². The summed E-state index contributed by atoms with van der Waals surface area (Å²) in [5.74, 6) is 1.10. The Labute approximate surface area is 126 Å². The molecule has 5 heteroatoms. The van der Waals surface area contributed by atoms with Crippen LogP contribution in [0.5, 0.6) is 0 Å². The van der Waals surface area contributed by atoms with Gasteiger partial charge in [0.2, 0.25) is 0 Å². The summed E-state index contributed by atoms with van der Waals surface area (Å²) in [4.78, 5) is 10.9. The van der Waals surface area contributed by atoms with E-state index in [2.05, 4.69) is 43.8 Å². The van der Waals surface area contributed by atoms with Crippen LogP contribution in [0.2, 0.25) is 0 Å². The van der Waals surface area contributed by atoms with Crippen LogP contribution >= 0.6 is 0 Å². The molecule has 112 valence electrons. The lowest BCUT2D eigenvalue weighted by atomic mass is 10.0. The highest BCUT2D eigenvalue weighted by Gasteiger charge is 2.21. The average Bonchev–Trinajstić information content (AvgIpc) is 3.02. The molecular weight excluding hydrogens is 262 g/mol. The normalized spacial score (nSPS) is 17.9. The molecule has 0 amide bonds. The summed E-state index contributed by atoms with van der Waals surface area (Å²) in [7, 11) is 0. The third-order valence-corrected chi connectivity index (χ3v) is 4.03. The number of nitrogens with zero attached hydrogens (tertiary/aromatic N) is 4. The molecule has 1 aliphatic heterocycles. The molecule has 0 aliphatic carbocycles. The van der Waals surface area contributed by atoms with Crippen LogP contribution in [0.3, 0.4) is 0 Å². The summed E-state index contributed by atoms with van der Waals surface area (Å²) >= 11 is 0. The number of piperidine rings is 1. The monoisotopic (exact) mass is 285 g/mol. The number of anilines is 1. The predicted molar refractivity (Wildman–Crippen MR) is 84.3 cm³/mol. The SMILES string of the molecule is CC(Cn1ccnc1)NC1CCN(c2ccccn2)CC1. The molecule has 0 saturated carbocycles. The van der Waals surface area contributed by atoms with Gasteiger partial charge in [-0.05, 0) is 31.9 Å². The smallest absolute Gasteiger partial charge is 0.128 e. The lowest BCUT2D eigenvalue weighted by Gasteiger charge is -2.34. The van der Waals surface area contributed by atoms with Crippen LogP contribution in [0.4, 0.5) is 5.82 Å². The second-order valence-corrected chi connectivity index (χ2v) is 5.78. The summed E-state index contributed by atoms with van der Waals surface area (Å²) in [5, 5.41) is 3.73. The Morgan fingerprint density at radius 1 is 1.29 bits per heavy atom. The van der Waals surface area contributed by atoms with Crippen molar-refractivity contribution < 1.29 is 0 Å². The lowest BCUT2D eigenvalue weighted by molar-refractivity contribution is 0.355. The van der Waals surface area contributed by atoms with Crippen molar-refractivity contribution in [3.05, 3.63) is 43.1 Å². The van der Waals surface area contributed by atoms with Gasteiger partial charge in [-0.1, -0.05) is 6.07 Å². The number of aromatic nitrogens is 3. The van der Waals surface area contributed by atoms with Crippen LogP contribution in [0, 0.1) is 0 Å². The Hall–Kier alpha value is -1.88. The van der Waals surface area contributed by atoms with Crippen molar-refractivity contribution in [3.63, 3.8) is 0 Å². The molecule has 1 atom stereocenters. The van der Waals surface area contributed by atoms with E-state index >= 15 is 0 Å². The lowest BCUT2D eigenvalue weighted by Crippen LogP contribution is -2.46. The second-order valence-electron chi connectivity index (χ2n) is 5.78. The average molecular weight is 285 g/mol. The number of rotatable bonds is 5. The Bertz CT molecular complexity index is 517. The first-order valence-electron chi connectivity index (χ1n) is 7.69. The zero-order valence-corrected chi connectivity index (χ0v) is 12.5. The summed E-state index contributed by atoms with van der Waals surface area (Å²) in [6, 6.07) is 7.18. The van der Waals surface area contributed by atoms with E-state index in [1.54, 1.807) is 0 Å². The minimum absolute atomic E-state index is 0.464. The summed E-state index contributed by atoms with van der Waals surface area (Å²) < 4.78 is 2.13. The maximum atomic E-state index is 4.43. The van der Waals surface area contributed by atoms with Crippen molar-refractivity contribution in [3.8, 4) is 0 Å². The number of pyridine rings is 1. The fraction of sp³-hybridized carbons (Fsp3) is 0.500. The fourth-order valence-corrected chi connectivity index (χ4v) is 2.98. The van der Waals surface area contributed by atoms with E-state index < -0.39 is 0 Å². The van der Waals surface area contributed by atoms with Crippen molar-refractivity contribution in [2.75, 3.05) is 18.0 Å². The molecule has 3 rings (SSSR count). The van der Waals surface area contributed by atoms with Gasteiger partial charge in [0.15, 0.2) is 0 Å². The van der Waals surface area contributed by atoms with Crippen molar-refractivity contribution in [2.45, 2.75) is 38.4 Å². The van der Waals surface area contributed by atoms with E-state index in [1.165, 1.54) is 12.8 Å². The highest BCUT2D eigenvalue weighted by atomic mass is 15.2. The van der Waals surface area contributed by atoms with Crippen LogP contribution in [0.15, 0.2) is 43.1 Å². The standard InChI is InChI=1S/C16H23N5/c1-14(12-20-11-8-17-13-20)19-15-5-9-21(10-6-15)16-4-2-3-7-18-16/h2-4,7-8,11,13-15,19H,5-6,9-10,12H2,1H3. The van der Waals surface area contributed by atoms with Crippen LogP contribution in [0.25, 0.3) is 0 Å². The van der Waals surface area contributed by atoms with E-state index in [-0.39, 0.29) is 0 Å². The van der Waals surface area contributed by atoms with Crippen molar-refractivity contribution >= 4 is 5.82 Å². The number of hydrogen-bond donors (Lipinski definition) is 1. The van der Waals surface area contributed by atoms with Gasteiger partial charge < -0.3 is 14.8 Å². The van der Waals surface area contributed by atoms with Gasteiger partial charge in [-0.3, -0.25) is 0 Å². The predicted octanol–water partition coefficient (Wildman–Crippen LogP) is 1.93. The number of nitrogens with one attached hydrogen (secondary N) is 1. The first-order chi connectivity index (χ1) is 10.3. The Morgan fingerprint density at radius 3 is 2.81 bits per heavy atom. The van der Waals surface area contributed by atoms with Gasteiger partial charge in [0.25, 0.3) is 0 Å². The summed E-state index contributed by atoms with van der Waals surface area (Å²) in [5.41, 5.74) is 0. The maximum Gasteiger partial charge on any atom is 0.128 e. The Morgan fingerprint density at radius 2 is 2.14 bits per heavy atom. The molecule has 1 saturated heterocycles. The van der Waals surface area contributed by atoms with E-state index in [0.29, 0.717) is 12.1 Å². The van der Waals surface area contributed by atoms with Crippen molar-refractivity contribution in [1.29, 1.82) is 0 Å². The van der Waals surface area contributed by atoms with E-state index in [1.807, 2.05) is 31.0 Å². The molecule has 5 nitrogen and oxygen atoms in total. The van der Waals surface area contributed by atoms with Crippen molar-refractivity contribution in [1.82, 2.24) is 19.9 Å². The summed E-state index contributed by atoms with van der Waals surface area (Å²) in [6.07, 6.45) is 9.93. The third kappa shape index (κ3) is 3.82. The van der Waals surface area contributed by atoms with Gasteiger partial charge in [0.1, 0.15) is 5.82 Å². The molecule has 1 N–H and O–H groups in total. The van der Waals surface area contributed by atoms with Gasteiger partial charge in [0, 0.05) is 50.3 Å². The zero-order chi connectivity index (χ0) is 14.5. The molecule has 0 bridgehead atoms. The topological polar surface area (TPSA) is 46.0 Å². The zero-order valence-electron chi connectivity index (χ0n) is 12.5. The van der Waals surface area contributed by atoms with Crippen LogP contribution < -0.4 is 10.2 Å². The molecule has 2 aromatic heterocycles. The Kier molecular flexibility index (Phi) is 4.50. The van der Waals surface area contributed by atoms with Gasteiger partial charge in [0.05, 0.1) is 6.33 Å². The van der Waals surface area contributed by atoms with Crippen LogP contribution in [-0.2, 0) is 6.54 Å². The minimum atomic E-state index is 0.464. The second kappa shape index (κ2) is 6.72. The molecule has 3 heterocycles. The molecule has 0 aromatic carbocycles. The van der Waals surface area contributed by atoms with Crippen LogP contribution in [0.1, 0.15) is 19.8 Å². The highest BCUT2D eigenvalue weighted by Crippen LogP contribution is 2.17. The van der Waals surface area contributed by atoms with E-state index in [9.17, 15) is 0 Å². The van der Waals surface area contributed by atoms with E-state index in [0.717, 1.165) is 25.5 Å². The van der Waals surface area contributed by atoms with E-state index in [4.69, 9.17) is 0 Å². The maximum absolute atomic E-state index is 4.43. The summed E-state index contributed by atoms with van der Waals surface area (Å²) in [6.45, 7) is 5.37. The first-order valence-corrected chi connectivity index (χ1v) is 7.69. The fourth-order valence-electron chi connectivity index (χ4n) is 2.98. The first kappa shape index (κ1) is 14.1. The molecule has 1 fully saturated rings. The van der Waals surface area contributed by atoms with Crippen molar-refractivity contribution in [2.24, 2.45) is 0 Å². The van der Waals surface area contributed by atoms with Gasteiger partial charge in [-0.15, -0.1) is 0 Å². The molecule has 2 aromatic rings. The molecule has 1 unspecified atom stereocenters. The third-order valence-electron chi connectivity index (χ3n) is 4.03.